The number of hydrogen-bond acceptors (Lipinski definition) is 1. The Balaban J connectivity index is 1.91. The zero-order valence-electron chi connectivity index (χ0n) is 10.2. The van der Waals surface area contributed by atoms with Crippen LogP contribution < -0.4 is 0 Å². The van der Waals surface area contributed by atoms with Crippen LogP contribution in [-0.4, -0.2) is 9.55 Å². The van der Waals surface area contributed by atoms with Crippen LogP contribution in [0.15, 0.2) is 23.1 Å². The maximum absolute atomic E-state index is 4.37. The lowest BCUT2D eigenvalue weighted by Gasteiger charge is -2.22. The molecule has 96 valence electrons. The first-order valence-corrected chi connectivity index (χ1v) is 8.41. The minimum Gasteiger partial charge on any atom is -0.345 e. The van der Waals surface area contributed by atoms with Gasteiger partial charge < -0.3 is 4.57 Å². The number of aromatic nitrogens is 2. The van der Waals surface area contributed by atoms with E-state index in [2.05, 4.69) is 60.3 Å². The molecule has 2 heterocycles. The first kappa shape index (κ1) is 12.9. The Morgan fingerprint density at radius 2 is 2.11 bits per heavy atom. The molecule has 2 aromatic rings. The molecule has 1 saturated carbocycles. The van der Waals surface area contributed by atoms with Gasteiger partial charge in [-0.1, -0.05) is 19.3 Å². The summed E-state index contributed by atoms with van der Waals surface area (Å²) in [5.74, 6) is 0.855. The van der Waals surface area contributed by atoms with E-state index < -0.39 is 0 Å². The largest absolute Gasteiger partial charge is 0.345 e. The van der Waals surface area contributed by atoms with Crippen LogP contribution in [-0.2, 0) is 6.54 Å². The maximum atomic E-state index is 4.37. The summed E-state index contributed by atoms with van der Waals surface area (Å²) in [6.45, 7) is 1.16. The summed E-state index contributed by atoms with van der Waals surface area (Å²) < 4.78 is 4.64. The van der Waals surface area contributed by atoms with Crippen molar-refractivity contribution in [1.82, 2.24) is 9.55 Å². The normalized spacial score (nSPS) is 17.4. The Bertz CT molecular complexity index is 558. The topological polar surface area (TPSA) is 17.8 Å². The van der Waals surface area contributed by atoms with E-state index in [1.807, 2.05) is 6.20 Å². The standard InChI is InChI=1S/C14H16BrIN2/c15-14-6-11-12(16)9-18(13(11)7-17-14)8-10-4-2-1-3-5-10/h6-7,9-10H,1-5,8H2. The second kappa shape index (κ2) is 5.49. The van der Waals surface area contributed by atoms with Crippen molar-refractivity contribution in [3.05, 3.63) is 26.6 Å². The van der Waals surface area contributed by atoms with E-state index >= 15 is 0 Å². The molecule has 0 aliphatic heterocycles. The molecule has 1 aliphatic carbocycles. The molecule has 18 heavy (non-hydrogen) atoms. The summed E-state index contributed by atoms with van der Waals surface area (Å²) in [7, 11) is 0. The van der Waals surface area contributed by atoms with Gasteiger partial charge in [0.25, 0.3) is 0 Å². The van der Waals surface area contributed by atoms with E-state index in [4.69, 9.17) is 0 Å². The van der Waals surface area contributed by atoms with Gasteiger partial charge in [-0.15, -0.1) is 0 Å². The Labute approximate surface area is 129 Å². The van der Waals surface area contributed by atoms with E-state index in [0.29, 0.717) is 0 Å². The van der Waals surface area contributed by atoms with Crippen molar-refractivity contribution in [2.24, 2.45) is 5.92 Å². The van der Waals surface area contributed by atoms with Crippen LogP contribution in [0.4, 0.5) is 0 Å². The van der Waals surface area contributed by atoms with Crippen LogP contribution in [0, 0.1) is 9.49 Å². The number of hydrogen-bond donors (Lipinski definition) is 0. The molecule has 0 N–H and O–H groups in total. The lowest BCUT2D eigenvalue weighted by Crippen LogP contribution is -2.13. The quantitative estimate of drug-likeness (QED) is 0.496. The molecule has 0 unspecified atom stereocenters. The van der Waals surface area contributed by atoms with Crippen molar-refractivity contribution >= 4 is 49.4 Å². The first-order valence-electron chi connectivity index (χ1n) is 6.54. The summed E-state index contributed by atoms with van der Waals surface area (Å²) in [6.07, 6.45) is 11.3. The second-order valence-electron chi connectivity index (χ2n) is 5.16. The van der Waals surface area contributed by atoms with Gasteiger partial charge in [-0.05, 0) is 63.3 Å². The molecule has 2 aromatic heterocycles. The highest BCUT2D eigenvalue weighted by Gasteiger charge is 2.16. The monoisotopic (exact) mass is 418 g/mol. The highest BCUT2D eigenvalue weighted by Crippen LogP contribution is 2.29. The molecule has 0 amide bonds. The molecule has 2 nitrogen and oxygen atoms in total. The molecule has 4 heteroatoms. The first-order chi connectivity index (χ1) is 8.74. The van der Waals surface area contributed by atoms with Gasteiger partial charge in [-0.25, -0.2) is 4.98 Å². The Kier molecular flexibility index (Phi) is 3.94. The molecule has 0 radical (unpaired) electrons. The number of nitrogens with zero attached hydrogens (tertiary/aromatic N) is 2. The van der Waals surface area contributed by atoms with Crippen LogP contribution in [0.3, 0.4) is 0 Å². The summed E-state index contributed by atoms with van der Waals surface area (Å²) in [6, 6.07) is 2.12. The number of pyridine rings is 1. The van der Waals surface area contributed by atoms with E-state index in [1.54, 1.807) is 0 Å². The Morgan fingerprint density at radius 3 is 2.89 bits per heavy atom. The van der Waals surface area contributed by atoms with E-state index in [9.17, 15) is 0 Å². The molecule has 0 bridgehead atoms. The van der Waals surface area contributed by atoms with Gasteiger partial charge in [0.1, 0.15) is 4.60 Å². The molecule has 3 rings (SSSR count). The van der Waals surface area contributed by atoms with Crippen molar-refractivity contribution in [3.63, 3.8) is 0 Å². The molecular formula is C14H16BrIN2. The Hall–Kier alpha value is -0.100. The van der Waals surface area contributed by atoms with E-state index in [-0.39, 0.29) is 0 Å². The predicted molar refractivity (Wildman–Crippen MR) is 86.7 cm³/mol. The van der Waals surface area contributed by atoms with Gasteiger partial charge in [0, 0.05) is 21.7 Å². The van der Waals surface area contributed by atoms with Crippen molar-refractivity contribution in [2.45, 2.75) is 38.6 Å². The number of rotatable bonds is 2. The van der Waals surface area contributed by atoms with Crippen LogP contribution >= 0.6 is 38.5 Å². The number of halogens is 2. The fourth-order valence-electron chi connectivity index (χ4n) is 2.92. The molecule has 0 aromatic carbocycles. The highest BCUT2D eigenvalue weighted by atomic mass is 127. The second-order valence-corrected chi connectivity index (χ2v) is 7.13. The average Bonchev–Trinajstić information content (AvgIpc) is 2.67. The fraction of sp³-hybridized carbons (Fsp3) is 0.500. The minimum absolute atomic E-state index is 0.855. The van der Waals surface area contributed by atoms with Gasteiger partial charge in [-0.2, -0.15) is 0 Å². The third kappa shape index (κ3) is 2.59. The molecule has 1 fully saturated rings. The van der Waals surface area contributed by atoms with Crippen molar-refractivity contribution in [2.75, 3.05) is 0 Å². The third-order valence-electron chi connectivity index (χ3n) is 3.87. The molecular weight excluding hydrogens is 403 g/mol. The zero-order chi connectivity index (χ0) is 12.5. The summed E-state index contributed by atoms with van der Waals surface area (Å²) in [4.78, 5) is 4.37. The Morgan fingerprint density at radius 1 is 1.33 bits per heavy atom. The molecule has 1 aliphatic rings. The maximum Gasteiger partial charge on any atom is 0.106 e. The smallest absolute Gasteiger partial charge is 0.106 e. The summed E-state index contributed by atoms with van der Waals surface area (Å²) in [5.41, 5.74) is 1.27. The van der Waals surface area contributed by atoms with Crippen molar-refractivity contribution < 1.29 is 0 Å². The summed E-state index contributed by atoms with van der Waals surface area (Å²) in [5, 5.41) is 1.31. The highest BCUT2D eigenvalue weighted by molar-refractivity contribution is 14.1. The average molecular weight is 419 g/mol. The van der Waals surface area contributed by atoms with Crippen LogP contribution in [0.2, 0.25) is 0 Å². The van der Waals surface area contributed by atoms with Gasteiger partial charge in [-0.3, -0.25) is 0 Å². The van der Waals surface area contributed by atoms with Crippen LogP contribution in [0.5, 0.6) is 0 Å². The van der Waals surface area contributed by atoms with Gasteiger partial charge >= 0.3 is 0 Å². The number of fused-ring (bicyclic) bond motifs is 1. The predicted octanol–water partition coefficient (Wildman–Crippen LogP) is 4.98. The lowest BCUT2D eigenvalue weighted by atomic mass is 9.89. The third-order valence-corrected chi connectivity index (χ3v) is 5.16. The van der Waals surface area contributed by atoms with Crippen molar-refractivity contribution in [3.8, 4) is 0 Å². The molecule has 0 spiro atoms. The van der Waals surface area contributed by atoms with Gasteiger partial charge in [0.15, 0.2) is 0 Å². The van der Waals surface area contributed by atoms with Gasteiger partial charge in [0.2, 0.25) is 0 Å². The lowest BCUT2D eigenvalue weighted by molar-refractivity contribution is 0.322. The zero-order valence-corrected chi connectivity index (χ0v) is 13.9. The molecule has 0 saturated heterocycles. The summed E-state index contributed by atoms with van der Waals surface area (Å²) >= 11 is 5.87. The van der Waals surface area contributed by atoms with Crippen LogP contribution in [0.1, 0.15) is 32.1 Å². The minimum atomic E-state index is 0.855. The fourth-order valence-corrected chi connectivity index (χ4v) is 4.02. The van der Waals surface area contributed by atoms with Crippen LogP contribution in [0.25, 0.3) is 10.9 Å². The van der Waals surface area contributed by atoms with E-state index in [1.165, 1.54) is 46.6 Å². The SMILES string of the molecule is Brc1cc2c(I)cn(CC3CCCCC3)c2cn1. The van der Waals surface area contributed by atoms with Gasteiger partial charge in [0.05, 0.1) is 11.7 Å². The van der Waals surface area contributed by atoms with Crippen molar-refractivity contribution in [1.29, 1.82) is 0 Å². The molecule has 0 atom stereocenters. The van der Waals surface area contributed by atoms with E-state index in [0.717, 1.165) is 17.1 Å².